The Balaban J connectivity index is 1.66. The third-order valence-electron chi connectivity index (χ3n) is 5.78. The number of rotatable bonds is 2. The number of fused-ring (bicyclic) bond motifs is 8. The highest BCUT2D eigenvalue weighted by molar-refractivity contribution is 7.98. The molecule has 4 aromatic rings. The molecule has 4 aromatic carbocycles. The molecular formula is C26H24O2S2. The van der Waals surface area contributed by atoms with Crippen LogP contribution in [0.25, 0.3) is 21.5 Å². The van der Waals surface area contributed by atoms with Gasteiger partial charge in [-0.2, -0.15) is 23.5 Å². The highest BCUT2D eigenvalue weighted by Gasteiger charge is 2.19. The van der Waals surface area contributed by atoms with Crippen LogP contribution in [-0.4, -0.2) is 14.2 Å². The van der Waals surface area contributed by atoms with Gasteiger partial charge < -0.3 is 9.47 Å². The van der Waals surface area contributed by atoms with E-state index in [0.29, 0.717) is 0 Å². The lowest BCUT2D eigenvalue weighted by Crippen LogP contribution is -2.02. The molecule has 2 nitrogen and oxygen atoms in total. The minimum atomic E-state index is 0.907. The Morgan fingerprint density at radius 2 is 1.03 bits per heavy atom. The summed E-state index contributed by atoms with van der Waals surface area (Å²) in [4.78, 5) is 0. The quantitative estimate of drug-likeness (QED) is 0.333. The van der Waals surface area contributed by atoms with Crippen molar-refractivity contribution in [2.75, 3.05) is 14.2 Å². The monoisotopic (exact) mass is 432 g/mol. The van der Waals surface area contributed by atoms with Crippen LogP contribution in [0.1, 0.15) is 22.3 Å². The zero-order valence-corrected chi connectivity index (χ0v) is 18.9. The van der Waals surface area contributed by atoms with Crippen LogP contribution in [0.3, 0.4) is 0 Å². The molecule has 5 rings (SSSR count). The second-order valence-corrected chi connectivity index (χ2v) is 9.49. The molecule has 0 radical (unpaired) electrons. The first-order valence-electron chi connectivity index (χ1n) is 10.1. The van der Waals surface area contributed by atoms with Gasteiger partial charge in [-0.25, -0.2) is 0 Å². The van der Waals surface area contributed by atoms with Crippen LogP contribution in [0.15, 0.2) is 60.7 Å². The normalized spacial score (nSPS) is 14.2. The first-order chi connectivity index (χ1) is 14.8. The molecule has 0 atom stereocenters. The zero-order valence-electron chi connectivity index (χ0n) is 17.2. The number of hydrogen-bond acceptors (Lipinski definition) is 4. The number of hydrogen-bond donors (Lipinski definition) is 0. The van der Waals surface area contributed by atoms with E-state index in [2.05, 4.69) is 60.7 Å². The summed E-state index contributed by atoms with van der Waals surface area (Å²) in [5, 5.41) is 5.17. The highest BCUT2D eigenvalue weighted by atomic mass is 32.2. The number of ether oxygens (including phenoxy) is 2. The van der Waals surface area contributed by atoms with E-state index in [1.165, 1.54) is 43.8 Å². The van der Waals surface area contributed by atoms with Gasteiger partial charge in [0, 0.05) is 45.3 Å². The van der Waals surface area contributed by atoms with Crippen LogP contribution in [0.4, 0.5) is 0 Å². The van der Waals surface area contributed by atoms with Crippen LogP contribution < -0.4 is 9.47 Å². The molecule has 0 amide bonds. The smallest absolute Gasteiger partial charge is 0.127 e. The summed E-state index contributed by atoms with van der Waals surface area (Å²) in [5.41, 5.74) is 5.15. The van der Waals surface area contributed by atoms with E-state index in [4.69, 9.17) is 9.47 Å². The fourth-order valence-electron chi connectivity index (χ4n) is 4.47. The van der Waals surface area contributed by atoms with Crippen molar-refractivity contribution in [2.24, 2.45) is 0 Å². The molecule has 4 bridgehead atoms. The van der Waals surface area contributed by atoms with E-state index in [0.717, 1.165) is 34.5 Å². The molecule has 0 saturated heterocycles. The van der Waals surface area contributed by atoms with Crippen molar-refractivity contribution in [3.63, 3.8) is 0 Å². The van der Waals surface area contributed by atoms with Gasteiger partial charge in [0.25, 0.3) is 0 Å². The predicted octanol–water partition coefficient (Wildman–Crippen LogP) is 7.19. The molecule has 1 aliphatic heterocycles. The first kappa shape index (κ1) is 19.7. The topological polar surface area (TPSA) is 18.5 Å². The van der Waals surface area contributed by atoms with E-state index in [-0.39, 0.29) is 0 Å². The Morgan fingerprint density at radius 3 is 1.50 bits per heavy atom. The van der Waals surface area contributed by atoms with Gasteiger partial charge in [0.1, 0.15) is 11.5 Å². The number of methoxy groups -OCH3 is 2. The van der Waals surface area contributed by atoms with Gasteiger partial charge in [-0.15, -0.1) is 0 Å². The molecule has 1 heterocycles. The second-order valence-electron chi connectivity index (χ2n) is 7.52. The fourth-order valence-corrected chi connectivity index (χ4v) is 6.52. The van der Waals surface area contributed by atoms with Gasteiger partial charge in [0.05, 0.1) is 14.2 Å². The minimum absolute atomic E-state index is 0.907. The van der Waals surface area contributed by atoms with E-state index in [1.54, 1.807) is 14.2 Å². The van der Waals surface area contributed by atoms with Gasteiger partial charge in [0.15, 0.2) is 0 Å². The molecule has 0 saturated carbocycles. The van der Waals surface area contributed by atoms with Crippen LogP contribution in [0.5, 0.6) is 11.5 Å². The summed E-state index contributed by atoms with van der Waals surface area (Å²) in [6.07, 6.45) is 0. The van der Waals surface area contributed by atoms with Crippen LogP contribution >= 0.6 is 23.5 Å². The molecular weight excluding hydrogens is 408 g/mol. The van der Waals surface area contributed by atoms with Crippen molar-refractivity contribution < 1.29 is 9.47 Å². The van der Waals surface area contributed by atoms with Crippen molar-refractivity contribution in [3.8, 4) is 11.5 Å². The van der Waals surface area contributed by atoms with E-state index >= 15 is 0 Å². The fraction of sp³-hybridized carbons (Fsp3) is 0.231. The number of thioether (sulfide) groups is 2. The third kappa shape index (κ3) is 3.42. The summed E-state index contributed by atoms with van der Waals surface area (Å²) >= 11 is 3.85. The van der Waals surface area contributed by atoms with Gasteiger partial charge in [-0.1, -0.05) is 48.5 Å². The zero-order chi connectivity index (χ0) is 20.5. The molecule has 0 unspecified atom stereocenters. The summed E-state index contributed by atoms with van der Waals surface area (Å²) in [5.74, 6) is 5.74. The SMILES string of the molecule is COc1c2cc3ccccc3c1CSCc1c(OC)c(cc3ccccc13)CSC2. The Bertz CT molecular complexity index is 1140. The predicted molar refractivity (Wildman–Crippen MR) is 131 cm³/mol. The summed E-state index contributed by atoms with van der Waals surface area (Å²) in [6, 6.07) is 21.9. The van der Waals surface area contributed by atoms with Crippen molar-refractivity contribution in [2.45, 2.75) is 23.0 Å². The Hall–Kier alpha value is -2.30. The molecule has 0 spiro atoms. The summed E-state index contributed by atoms with van der Waals surface area (Å²) in [7, 11) is 3.61. The molecule has 30 heavy (non-hydrogen) atoms. The summed E-state index contributed by atoms with van der Waals surface area (Å²) < 4.78 is 11.9. The second kappa shape index (κ2) is 8.44. The van der Waals surface area contributed by atoms with Crippen LogP contribution in [-0.2, 0) is 23.0 Å². The average Bonchev–Trinajstić information content (AvgIpc) is 2.78. The molecule has 0 aromatic heterocycles. The Labute approximate surface area is 186 Å². The van der Waals surface area contributed by atoms with Crippen molar-refractivity contribution in [1.29, 1.82) is 0 Å². The van der Waals surface area contributed by atoms with Crippen molar-refractivity contribution in [1.82, 2.24) is 0 Å². The Kier molecular flexibility index (Phi) is 5.53. The molecule has 0 fully saturated rings. The maximum absolute atomic E-state index is 5.94. The van der Waals surface area contributed by atoms with Gasteiger partial charge in [-0.05, 0) is 33.7 Å². The van der Waals surface area contributed by atoms with Crippen LogP contribution in [0.2, 0.25) is 0 Å². The lowest BCUT2D eigenvalue weighted by Gasteiger charge is -2.20. The van der Waals surface area contributed by atoms with Gasteiger partial charge in [-0.3, -0.25) is 0 Å². The molecule has 152 valence electrons. The third-order valence-corrected chi connectivity index (χ3v) is 7.79. The first-order valence-corrected chi connectivity index (χ1v) is 12.4. The maximum atomic E-state index is 5.94. The maximum Gasteiger partial charge on any atom is 0.127 e. The molecule has 1 aliphatic rings. The van der Waals surface area contributed by atoms with Crippen LogP contribution in [0, 0.1) is 0 Å². The van der Waals surface area contributed by atoms with E-state index in [1.807, 2.05) is 23.5 Å². The van der Waals surface area contributed by atoms with Gasteiger partial charge >= 0.3 is 0 Å². The molecule has 4 heteroatoms. The van der Waals surface area contributed by atoms with Crippen molar-refractivity contribution in [3.05, 3.63) is 82.9 Å². The van der Waals surface area contributed by atoms with Crippen molar-refractivity contribution >= 4 is 45.1 Å². The standard InChI is InChI=1S/C26H24O2S2/c1-27-25-19-11-17-7-3-5-9-21(17)23(25)15-30-16-24-22-10-6-4-8-18(22)12-20(14-29-13-19)26(24)28-2/h3-12H,13-16H2,1-2H3. The van der Waals surface area contributed by atoms with Gasteiger partial charge in [0.2, 0.25) is 0 Å². The minimum Gasteiger partial charge on any atom is -0.496 e. The molecule has 0 aliphatic carbocycles. The van der Waals surface area contributed by atoms with E-state index < -0.39 is 0 Å². The Morgan fingerprint density at radius 1 is 0.600 bits per heavy atom. The number of benzene rings is 4. The summed E-state index contributed by atoms with van der Waals surface area (Å²) in [6.45, 7) is 0. The average molecular weight is 433 g/mol. The lowest BCUT2D eigenvalue weighted by molar-refractivity contribution is 0.408. The largest absolute Gasteiger partial charge is 0.496 e. The highest BCUT2D eigenvalue weighted by Crippen LogP contribution is 2.42. The van der Waals surface area contributed by atoms with E-state index in [9.17, 15) is 0 Å². The lowest BCUT2D eigenvalue weighted by atomic mass is 10.0. The molecule has 0 N–H and O–H groups in total.